The van der Waals surface area contributed by atoms with E-state index in [9.17, 15) is 8.42 Å². The van der Waals surface area contributed by atoms with Crippen molar-refractivity contribution in [1.29, 1.82) is 0 Å². The van der Waals surface area contributed by atoms with Gasteiger partial charge in [-0.05, 0) is 49.5 Å². The topological polar surface area (TPSA) is 86.6 Å². The van der Waals surface area contributed by atoms with E-state index in [1.54, 1.807) is 28.9 Å². The van der Waals surface area contributed by atoms with Gasteiger partial charge in [0.1, 0.15) is 0 Å². The van der Waals surface area contributed by atoms with Crippen molar-refractivity contribution < 1.29 is 8.42 Å². The number of benzene rings is 2. The van der Waals surface area contributed by atoms with Crippen LogP contribution in [0, 0.1) is 0 Å². The fraction of sp³-hybridized carbons (Fsp3) is 0.304. The van der Waals surface area contributed by atoms with Crippen molar-refractivity contribution in [1.82, 2.24) is 19.7 Å². The molecule has 1 aromatic heterocycles. The molecule has 3 aromatic rings. The molecule has 0 radical (unpaired) electrons. The summed E-state index contributed by atoms with van der Waals surface area (Å²) < 4.78 is 25.2. The first-order valence-electron chi connectivity index (χ1n) is 10.9. The zero-order valence-corrected chi connectivity index (χ0v) is 19.5. The highest BCUT2D eigenvalue weighted by atomic mass is 32.2. The van der Waals surface area contributed by atoms with Gasteiger partial charge in [-0.2, -0.15) is 4.98 Å². The Kier molecular flexibility index (Phi) is 5.55. The third kappa shape index (κ3) is 4.71. The summed E-state index contributed by atoms with van der Waals surface area (Å²) in [6, 6.07) is 15.2. The van der Waals surface area contributed by atoms with Crippen LogP contribution in [0.4, 0.5) is 23.0 Å². The smallest absolute Gasteiger partial charge is 0.247 e. The van der Waals surface area contributed by atoms with Crippen LogP contribution in [0.15, 0.2) is 59.6 Å². The number of fused-ring (bicyclic) bond motifs is 1. The second-order valence-electron chi connectivity index (χ2n) is 8.45. The van der Waals surface area contributed by atoms with E-state index in [2.05, 4.69) is 44.4 Å². The number of rotatable bonds is 5. The molecular weight excluding hydrogens is 438 g/mol. The summed E-state index contributed by atoms with van der Waals surface area (Å²) in [6.45, 7) is 4.69. The van der Waals surface area contributed by atoms with Gasteiger partial charge in [0.2, 0.25) is 5.95 Å². The molecule has 0 atom stereocenters. The minimum absolute atomic E-state index is 0.306. The van der Waals surface area contributed by atoms with Crippen LogP contribution in [0.5, 0.6) is 0 Å². The van der Waals surface area contributed by atoms with Crippen molar-refractivity contribution in [3.63, 3.8) is 0 Å². The zero-order valence-electron chi connectivity index (χ0n) is 18.7. The molecule has 0 saturated carbocycles. The van der Waals surface area contributed by atoms with E-state index in [0.717, 1.165) is 43.4 Å². The van der Waals surface area contributed by atoms with E-state index in [1.165, 1.54) is 11.9 Å². The van der Waals surface area contributed by atoms with E-state index in [4.69, 9.17) is 0 Å². The lowest BCUT2D eigenvalue weighted by molar-refractivity contribution is 0.313. The highest BCUT2D eigenvalue weighted by molar-refractivity contribution is 7.90. The fourth-order valence-corrected chi connectivity index (χ4v) is 4.65. The number of anilines is 4. The molecule has 33 heavy (non-hydrogen) atoms. The molecule has 0 bridgehead atoms. The van der Waals surface area contributed by atoms with Crippen molar-refractivity contribution >= 4 is 39.0 Å². The average molecular weight is 466 g/mol. The third-order valence-corrected chi connectivity index (χ3v) is 7.10. The molecule has 3 heterocycles. The summed E-state index contributed by atoms with van der Waals surface area (Å²) in [4.78, 5) is 11.7. The van der Waals surface area contributed by atoms with E-state index in [0.29, 0.717) is 17.4 Å². The predicted molar refractivity (Wildman–Crippen MR) is 131 cm³/mol. The van der Waals surface area contributed by atoms with Crippen molar-refractivity contribution in [3.05, 3.63) is 60.6 Å². The first kappa shape index (κ1) is 21.5. The normalized spacial score (nSPS) is 16.7. The molecule has 5 rings (SSSR count). The van der Waals surface area contributed by atoms with Crippen molar-refractivity contribution in [2.75, 3.05) is 54.6 Å². The molecule has 0 unspecified atom stereocenters. The summed E-state index contributed by atoms with van der Waals surface area (Å²) in [5.41, 5.74) is 3.04. The quantitative estimate of drug-likeness (QED) is 0.616. The summed E-state index contributed by atoms with van der Waals surface area (Å²) in [5.74, 6) is 1.34. The number of piperazine rings is 1. The molecule has 2 aromatic carbocycles. The van der Waals surface area contributed by atoms with Gasteiger partial charge in [0, 0.05) is 61.9 Å². The van der Waals surface area contributed by atoms with E-state index < -0.39 is 9.84 Å². The number of hydrogen-bond acceptors (Lipinski definition) is 8. The van der Waals surface area contributed by atoms with Gasteiger partial charge in [0.25, 0.3) is 0 Å². The molecule has 1 N–H and O–H groups in total. The molecule has 9 nitrogen and oxygen atoms in total. The number of nitrogens with one attached hydrogen (secondary N) is 1. The predicted octanol–water partition coefficient (Wildman–Crippen LogP) is 2.63. The average Bonchev–Trinajstić information content (AvgIpc) is 3.20. The van der Waals surface area contributed by atoms with E-state index >= 15 is 0 Å². The van der Waals surface area contributed by atoms with Crippen molar-refractivity contribution in [2.24, 2.45) is 0 Å². The molecule has 2 aliphatic rings. The number of aromatic nitrogens is 3. The SMILES string of the molecule is CN1CCN(c2cccc(Nc3nc4n(n3)C=CN(c3ccc(S(C)(=O)=O)cc3)C4)c2)CC1. The van der Waals surface area contributed by atoms with Crippen LogP contribution in [0.2, 0.25) is 0 Å². The number of likely N-dealkylation sites (N-methyl/N-ethyl adjacent to an activating group) is 1. The fourth-order valence-electron chi connectivity index (χ4n) is 4.02. The van der Waals surface area contributed by atoms with Gasteiger partial charge in [-0.1, -0.05) is 6.07 Å². The maximum atomic E-state index is 11.7. The molecule has 2 aliphatic heterocycles. The Morgan fingerprint density at radius 2 is 1.70 bits per heavy atom. The minimum Gasteiger partial charge on any atom is -0.369 e. The van der Waals surface area contributed by atoms with E-state index in [1.807, 2.05) is 29.4 Å². The van der Waals surface area contributed by atoms with Gasteiger partial charge >= 0.3 is 0 Å². The highest BCUT2D eigenvalue weighted by Crippen LogP contribution is 2.25. The van der Waals surface area contributed by atoms with Gasteiger partial charge < -0.3 is 20.0 Å². The zero-order chi connectivity index (χ0) is 23.0. The molecule has 0 aliphatic carbocycles. The largest absolute Gasteiger partial charge is 0.369 e. The summed E-state index contributed by atoms with van der Waals surface area (Å²) in [6.07, 6.45) is 4.97. The van der Waals surface area contributed by atoms with Gasteiger partial charge in [0.15, 0.2) is 15.7 Å². The maximum Gasteiger partial charge on any atom is 0.247 e. The Hall–Kier alpha value is -3.37. The highest BCUT2D eigenvalue weighted by Gasteiger charge is 2.18. The lowest BCUT2D eigenvalue weighted by atomic mass is 10.2. The Morgan fingerprint density at radius 3 is 2.42 bits per heavy atom. The Labute approximate surface area is 193 Å². The van der Waals surface area contributed by atoms with Gasteiger partial charge in [0.05, 0.1) is 11.4 Å². The second-order valence-corrected chi connectivity index (χ2v) is 10.5. The number of nitrogens with zero attached hydrogens (tertiary/aromatic N) is 6. The molecule has 0 spiro atoms. The molecule has 0 amide bonds. The first-order chi connectivity index (χ1) is 15.8. The standard InChI is InChI=1S/C23H27N7O2S/c1-27-10-12-28(13-11-27)20-5-3-4-18(16-20)24-23-25-22-17-29(14-15-30(22)26-23)19-6-8-21(9-7-19)33(2,31)32/h3-9,14-16H,10-13,17H2,1-2H3,(H,24,26). The van der Waals surface area contributed by atoms with Crippen LogP contribution in [0.1, 0.15) is 5.82 Å². The summed E-state index contributed by atoms with van der Waals surface area (Å²) in [5, 5.41) is 7.88. The first-order valence-corrected chi connectivity index (χ1v) is 12.8. The van der Waals surface area contributed by atoms with Crippen LogP contribution in [0.3, 0.4) is 0 Å². The molecule has 1 saturated heterocycles. The Balaban J connectivity index is 1.28. The Morgan fingerprint density at radius 1 is 0.939 bits per heavy atom. The third-order valence-electron chi connectivity index (χ3n) is 5.97. The monoisotopic (exact) mass is 465 g/mol. The van der Waals surface area contributed by atoms with Crippen LogP contribution < -0.4 is 15.1 Å². The molecule has 1 fully saturated rings. The van der Waals surface area contributed by atoms with Gasteiger partial charge in [-0.25, -0.2) is 13.1 Å². The maximum absolute atomic E-state index is 11.7. The van der Waals surface area contributed by atoms with Crippen LogP contribution >= 0.6 is 0 Å². The number of hydrogen-bond donors (Lipinski definition) is 1. The van der Waals surface area contributed by atoms with Crippen LogP contribution in [0.25, 0.3) is 6.20 Å². The lowest BCUT2D eigenvalue weighted by Crippen LogP contribution is -2.44. The van der Waals surface area contributed by atoms with Crippen LogP contribution in [-0.2, 0) is 16.4 Å². The Bertz CT molecular complexity index is 1280. The molecule has 10 heteroatoms. The molecule has 172 valence electrons. The van der Waals surface area contributed by atoms with Gasteiger partial charge in [-0.3, -0.25) is 0 Å². The number of sulfone groups is 1. The lowest BCUT2D eigenvalue weighted by Gasteiger charge is -2.34. The van der Waals surface area contributed by atoms with Crippen LogP contribution in [-0.4, -0.2) is 67.6 Å². The van der Waals surface area contributed by atoms with Crippen molar-refractivity contribution in [3.8, 4) is 0 Å². The second kappa shape index (κ2) is 8.53. The minimum atomic E-state index is -3.21. The van der Waals surface area contributed by atoms with E-state index in [-0.39, 0.29) is 0 Å². The summed E-state index contributed by atoms with van der Waals surface area (Å²) in [7, 11) is -1.06. The van der Waals surface area contributed by atoms with Crippen molar-refractivity contribution in [2.45, 2.75) is 11.4 Å². The van der Waals surface area contributed by atoms with Gasteiger partial charge in [-0.15, -0.1) is 5.10 Å². The molecular formula is C23H27N7O2S. The summed E-state index contributed by atoms with van der Waals surface area (Å²) >= 11 is 0.